The van der Waals surface area contributed by atoms with Gasteiger partial charge < -0.3 is 10.1 Å². The number of ether oxygens (including phenoxy) is 1. The topological polar surface area (TPSA) is 67.4 Å². The minimum absolute atomic E-state index is 0. The Morgan fingerprint density at radius 2 is 1.77 bits per heavy atom. The maximum absolute atomic E-state index is 12.0. The molecule has 0 bridgehead atoms. The first-order valence-corrected chi connectivity index (χ1v) is 8.87. The average molecular weight is 351 g/mol. The van der Waals surface area contributed by atoms with Crippen molar-refractivity contribution in [1.29, 1.82) is 0 Å². The molecule has 5 nitrogen and oxygen atoms in total. The van der Waals surface area contributed by atoms with Crippen LogP contribution < -0.4 is 14.8 Å². The molecule has 0 atom stereocenters. The number of nitrogens with one attached hydrogen (secondary N) is 2. The van der Waals surface area contributed by atoms with E-state index < -0.39 is 10.0 Å². The van der Waals surface area contributed by atoms with Crippen molar-refractivity contribution in [3.05, 3.63) is 24.3 Å². The number of sulfonamides is 1. The molecule has 2 N–H and O–H groups in total. The average Bonchev–Trinajstić information content (AvgIpc) is 2.44. The highest BCUT2D eigenvalue weighted by molar-refractivity contribution is 7.89. The molecule has 22 heavy (non-hydrogen) atoms. The third kappa shape index (κ3) is 7.98. The van der Waals surface area contributed by atoms with Crippen LogP contribution >= 0.6 is 12.4 Å². The third-order valence-corrected chi connectivity index (χ3v) is 4.42. The Morgan fingerprint density at radius 1 is 1.14 bits per heavy atom. The predicted molar refractivity (Wildman–Crippen MR) is 92.4 cm³/mol. The van der Waals surface area contributed by atoms with E-state index in [1.165, 1.54) is 0 Å². The first-order valence-electron chi connectivity index (χ1n) is 7.39. The Hall–Kier alpha value is -0.820. The Bertz CT molecular complexity index is 504. The van der Waals surface area contributed by atoms with Crippen molar-refractivity contribution < 1.29 is 13.2 Å². The van der Waals surface area contributed by atoms with E-state index in [4.69, 9.17) is 4.74 Å². The summed E-state index contributed by atoms with van der Waals surface area (Å²) in [7, 11) is -3.44. The van der Waals surface area contributed by atoms with Crippen LogP contribution in [0.25, 0.3) is 0 Å². The number of hydrogen-bond donors (Lipinski definition) is 2. The number of hydrogen-bond acceptors (Lipinski definition) is 4. The molecule has 0 saturated carbocycles. The minimum atomic E-state index is -3.44. The largest absolute Gasteiger partial charge is 0.494 e. The summed E-state index contributed by atoms with van der Waals surface area (Å²) in [4.78, 5) is 0.259. The van der Waals surface area contributed by atoms with Gasteiger partial charge in [0.25, 0.3) is 0 Å². The van der Waals surface area contributed by atoms with Crippen molar-refractivity contribution in [2.24, 2.45) is 5.92 Å². The summed E-state index contributed by atoms with van der Waals surface area (Å²) in [5.74, 6) is 1.29. The molecule has 0 aliphatic rings. The molecule has 0 aliphatic carbocycles. The molecule has 1 aromatic carbocycles. The molecule has 1 aromatic rings. The van der Waals surface area contributed by atoms with E-state index in [1.54, 1.807) is 24.3 Å². The zero-order chi connectivity index (χ0) is 15.7. The lowest BCUT2D eigenvalue weighted by atomic mass is 10.1. The second-order valence-corrected chi connectivity index (χ2v) is 7.02. The lowest BCUT2D eigenvalue weighted by molar-refractivity contribution is 0.289. The molecule has 0 aliphatic heterocycles. The molecule has 7 heteroatoms. The normalized spacial score (nSPS) is 11.3. The third-order valence-electron chi connectivity index (χ3n) is 2.94. The predicted octanol–water partition coefficient (Wildman–Crippen LogP) is 2.42. The Morgan fingerprint density at radius 3 is 2.32 bits per heavy atom. The highest BCUT2D eigenvalue weighted by atomic mass is 35.5. The summed E-state index contributed by atoms with van der Waals surface area (Å²) in [6.45, 7) is 8.71. The quantitative estimate of drug-likeness (QED) is 0.636. The highest BCUT2D eigenvalue weighted by Crippen LogP contribution is 2.16. The van der Waals surface area contributed by atoms with E-state index in [2.05, 4.69) is 23.9 Å². The van der Waals surface area contributed by atoms with Crippen molar-refractivity contribution >= 4 is 22.4 Å². The van der Waals surface area contributed by atoms with E-state index in [9.17, 15) is 8.42 Å². The fourth-order valence-corrected chi connectivity index (χ4v) is 2.69. The van der Waals surface area contributed by atoms with Crippen LogP contribution in [-0.4, -0.2) is 34.7 Å². The van der Waals surface area contributed by atoms with Crippen LogP contribution in [0.3, 0.4) is 0 Å². The van der Waals surface area contributed by atoms with Crippen molar-refractivity contribution in [3.8, 4) is 5.75 Å². The van der Waals surface area contributed by atoms with Gasteiger partial charge in [-0.1, -0.05) is 20.8 Å². The summed E-state index contributed by atoms with van der Waals surface area (Å²) in [5.41, 5.74) is 0. The summed E-state index contributed by atoms with van der Waals surface area (Å²) >= 11 is 0. The molecule has 0 saturated heterocycles. The van der Waals surface area contributed by atoms with Crippen LogP contribution in [0.5, 0.6) is 5.75 Å². The van der Waals surface area contributed by atoms with Crippen LogP contribution in [-0.2, 0) is 10.0 Å². The van der Waals surface area contributed by atoms with Gasteiger partial charge in [0, 0.05) is 13.1 Å². The van der Waals surface area contributed by atoms with Gasteiger partial charge in [-0.25, -0.2) is 13.1 Å². The van der Waals surface area contributed by atoms with Gasteiger partial charge in [-0.05, 0) is 43.1 Å². The highest BCUT2D eigenvalue weighted by Gasteiger charge is 2.12. The van der Waals surface area contributed by atoms with Gasteiger partial charge >= 0.3 is 0 Å². The minimum Gasteiger partial charge on any atom is -0.494 e. The molecule has 0 aromatic heterocycles. The summed E-state index contributed by atoms with van der Waals surface area (Å²) in [6.07, 6.45) is 0.978. The lowest BCUT2D eigenvalue weighted by Gasteiger charge is -2.10. The first kappa shape index (κ1) is 21.2. The molecule has 1 rings (SSSR count). The number of halogens is 1. The van der Waals surface area contributed by atoms with Gasteiger partial charge in [0.15, 0.2) is 0 Å². The van der Waals surface area contributed by atoms with Crippen LogP contribution in [0.15, 0.2) is 29.2 Å². The smallest absolute Gasteiger partial charge is 0.240 e. The molecular weight excluding hydrogens is 324 g/mol. The zero-order valence-corrected chi connectivity index (χ0v) is 15.1. The number of benzene rings is 1. The van der Waals surface area contributed by atoms with E-state index in [1.807, 2.05) is 6.92 Å². The maximum atomic E-state index is 12.0. The second-order valence-electron chi connectivity index (χ2n) is 5.25. The number of rotatable bonds is 10. The summed E-state index contributed by atoms with van der Waals surface area (Å²) in [5, 5.41) is 3.07. The Labute approximate surface area is 140 Å². The van der Waals surface area contributed by atoms with Crippen molar-refractivity contribution in [1.82, 2.24) is 10.0 Å². The van der Waals surface area contributed by atoms with Crippen molar-refractivity contribution in [3.63, 3.8) is 0 Å². The van der Waals surface area contributed by atoms with Gasteiger partial charge in [-0.3, -0.25) is 0 Å². The second kappa shape index (κ2) is 10.8. The van der Waals surface area contributed by atoms with Crippen molar-refractivity contribution in [2.45, 2.75) is 32.1 Å². The molecular formula is C15H27ClN2O3S. The Balaban J connectivity index is 0.00000441. The molecule has 0 spiro atoms. The first-order chi connectivity index (χ1) is 9.95. The lowest BCUT2D eigenvalue weighted by Crippen LogP contribution is -2.31. The van der Waals surface area contributed by atoms with Crippen LogP contribution in [0.2, 0.25) is 0 Å². The molecule has 0 unspecified atom stereocenters. The fourth-order valence-electron chi connectivity index (χ4n) is 1.66. The summed E-state index contributed by atoms with van der Waals surface area (Å²) < 4.78 is 32.2. The monoisotopic (exact) mass is 350 g/mol. The number of likely N-dealkylation sites (N-methyl/N-ethyl adjacent to an activating group) is 1. The van der Waals surface area contributed by atoms with Gasteiger partial charge in [-0.2, -0.15) is 0 Å². The van der Waals surface area contributed by atoms with Crippen LogP contribution in [0, 0.1) is 5.92 Å². The standard InChI is InChI=1S/C15H26N2O3S.ClH/c1-4-16-10-11-17-21(18,19)15-7-5-14(6-8-15)20-12-9-13(2)3;/h5-8,13,16-17H,4,9-12H2,1-3H3;1H. The molecule has 0 fully saturated rings. The van der Waals surface area contributed by atoms with Crippen LogP contribution in [0.1, 0.15) is 27.2 Å². The van der Waals surface area contributed by atoms with Gasteiger partial charge in [0.05, 0.1) is 11.5 Å². The van der Waals surface area contributed by atoms with Gasteiger partial charge in [0.2, 0.25) is 10.0 Å². The Kier molecular flexibility index (Phi) is 10.4. The van der Waals surface area contributed by atoms with Crippen LogP contribution in [0.4, 0.5) is 0 Å². The SMILES string of the molecule is CCNCCNS(=O)(=O)c1ccc(OCCC(C)C)cc1.Cl. The molecule has 0 amide bonds. The molecule has 0 radical (unpaired) electrons. The van der Waals surface area contributed by atoms with E-state index in [0.29, 0.717) is 31.4 Å². The van der Waals surface area contributed by atoms with E-state index >= 15 is 0 Å². The zero-order valence-electron chi connectivity index (χ0n) is 13.5. The van der Waals surface area contributed by atoms with Gasteiger partial charge in [-0.15, -0.1) is 12.4 Å². The summed E-state index contributed by atoms with van der Waals surface area (Å²) in [6, 6.07) is 6.53. The van der Waals surface area contributed by atoms with Crippen molar-refractivity contribution in [2.75, 3.05) is 26.2 Å². The van der Waals surface area contributed by atoms with Gasteiger partial charge in [0.1, 0.15) is 5.75 Å². The molecule has 128 valence electrons. The van der Waals surface area contributed by atoms with E-state index in [-0.39, 0.29) is 17.3 Å². The molecule has 0 heterocycles. The maximum Gasteiger partial charge on any atom is 0.240 e. The van der Waals surface area contributed by atoms with E-state index in [0.717, 1.165) is 13.0 Å². The fraction of sp³-hybridized carbons (Fsp3) is 0.600.